The molecule has 0 bridgehead atoms. The van der Waals surface area contributed by atoms with E-state index in [0.29, 0.717) is 5.82 Å². The van der Waals surface area contributed by atoms with Crippen LogP contribution in [-0.4, -0.2) is 22.2 Å². The van der Waals surface area contributed by atoms with E-state index in [1.165, 1.54) is 6.33 Å². The maximum atomic E-state index is 9.48. The molecule has 3 aromatic rings. The van der Waals surface area contributed by atoms with Crippen LogP contribution in [0.4, 0.5) is 11.5 Å². The lowest BCUT2D eigenvalue weighted by atomic mass is 10.2. The fourth-order valence-electron chi connectivity index (χ4n) is 1.98. The largest absolute Gasteiger partial charge is 0.508 e. The van der Waals surface area contributed by atoms with Crippen molar-refractivity contribution in [3.05, 3.63) is 48.8 Å². The summed E-state index contributed by atoms with van der Waals surface area (Å²) in [4.78, 5) is 8.47. The van der Waals surface area contributed by atoms with Crippen LogP contribution in [-0.2, 0) is 0 Å². The average Bonchev–Trinajstić information content (AvgIpc) is 2.47. The summed E-state index contributed by atoms with van der Waals surface area (Å²) in [6, 6.07) is 12.5. The minimum atomic E-state index is 0.204. The molecule has 100 valence electrons. The molecule has 0 atom stereocenters. The second kappa shape index (κ2) is 5.05. The van der Waals surface area contributed by atoms with Crippen LogP contribution in [0.25, 0.3) is 10.9 Å². The van der Waals surface area contributed by atoms with E-state index >= 15 is 0 Å². The number of aromatic hydroxyl groups is 1. The molecule has 1 heterocycles. The summed E-state index contributed by atoms with van der Waals surface area (Å²) in [6.45, 7) is 0. The fourth-order valence-corrected chi connectivity index (χ4v) is 1.98. The second-order valence-electron chi connectivity index (χ2n) is 4.28. The van der Waals surface area contributed by atoms with E-state index in [2.05, 4.69) is 15.3 Å². The number of phenols is 1. The lowest BCUT2D eigenvalue weighted by Crippen LogP contribution is -1.96. The van der Waals surface area contributed by atoms with Gasteiger partial charge in [-0.05, 0) is 24.3 Å². The lowest BCUT2D eigenvalue weighted by molar-refractivity contribution is 0.415. The Morgan fingerprint density at radius 2 is 2.00 bits per heavy atom. The number of nitrogens with one attached hydrogen (secondary N) is 1. The Labute approximate surface area is 115 Å². The maximum absolute atomic E-state index is 9.48. The van der Waals surface area contributed by atoms with Crippen LogP contribution >= 0.6 is 0 Å². The number of rotatable bonds is 3. The smallest absolute Gasteiger partial charge is 0.141 e. The molecule has 0 aliphatic rings. The molecule has 5 heteroatoms. The first-order valence-electron chi connectivity index (χ1n) is 6.11. The van der Waals surface area contributed by atoms with Gasteiger partial charge in [0.1, 0.15) is 23.6 Å². The molecule has 1 aromatic heterocycles. The maximum Gasteiger partial charge on any atom is 0.141 e. The first-order chi connectivity index (χ1) is 9.76. The van der Waals surface area contributed by atoms with Gasteiger partial charge in [0.2, 0.25) is 0 Å². The van der Waals surface area contributed by atoms with Crippen molar-refractivity contribution in [1.82, 2.24) is 9.97 Å². The van der Waals surface area contributed by atoms with Crippen LogP contribution < -0.4 is 10.1 Å². The highest BCUT2D eigenvalue weighted by Crippen LogP contribution is 2.26. The number of methoxy groups -OCH3 is 1. The molecular weight excluding hydrogens is 254 g/mol. The van der Waals surface area contributed by atoms with Crippen molar-refractivity contribution in [2.24, 2.45) is 0 Å². The zero-order valence-electron chi connectivity index (χ0n) is 10.9. The van der Waals surface area contributed by atoms with Gasteiger partial charge < -0.3 is 15.2 Å². The van der Waals surface area contributed by atoms with Gasteiger partial charge in [0.05, 0.1) is 12.6 Å². The zero-order chi connectivity index (χ0) is 13.9. The van der Waals surface area contributed by atoms with Crippen molar-refractivity contribution in [1.29, 1.82) is 0 Å². The summed E-state index contributed by atoms with van der Waals surface area (Å²) in [5.74, 6) is 1.64. The number of phenolic OH excluding ortho intramolecular Hbond substituents is 1. The molecule has 0 saturated heterocycles. The molecular formula is C15H13N3O2. The Balaban J connectivity index is 2.03. The van der Waals surface area contributed by atoms with Gasteiger partial charge in [-0.25, -0.2) is 9.97 Å². The molecule has 2 aromatic carbocycles. The number of anilines is 2. The molecule has 2 N–H and O–H groups in total. The minimum Gasteiger partial charge on any atom is -0.508 e. The van der Waals surface area contributed by atoms with E-state index < -0.39 is 0 Å². The first-order valence-corrected chi connectivity index (χ1v) is 6.11. The topological polar surface area (TPSA) is 67.3 Å². The van der Waals surface area contributed by atoms with Crippen molar-refractivity contribution >= 4 is 22.4 Å². The summed E-state index contributed by atoms with van der Waals surface area (Å²) in [6.07, 6.45) is 1.49. The first kappa shape index (κ1) is 12.2. The zero-order valence-corrected chi connectivity index (χ0v) is 10.9. The van der Waals surface area contributed by atoms with Crippen LogP contribution in [0.5, 0.6) is 11.5 Å². The quantitative estimate of drug-likeness (QED) is 0.763. The molecule has 0 unspecified atom stereocenters. The van der Waals surface area contributed by atoms with Crippen LogP contribution in [0.15, 0.2) is 48.8 Å². The highest BCUT2D eigenvalue weighted by molar-refractivity contribution is 5.91. The normalized spacial score (nSPS) is 10.4. The van der Waals surface area contributed by atoms with Crippen molar-refractivity contribution in [3.63, 3.8) is 0 Å². The molecule has 0 aliphatic heterocycles. The molecule has 3 rings (SSSR count). The third kappa shape index (κ3) is 2.33. The van der Waals surface area contributed by atoms with Crippen LogP contribution in [0.2, 0.25) is 0 Å². The number of hydrogen-bond donors (Lipinski definition) is 2. The summed E-state index contributed by atoms with van der Waals surface area (Å²) in [7, 11) is 1.62. The van der Waals surface area contributed by atoms with E-state index in [9.17, 15) is 5.11 Å². The van der Waals surface area contributed by atoms with E-state index in [0.717, 1.165) is 22.3 Å². The third-order valence-electron chi connectivity index (χ3n) is 2.95. The molecule has 0 saturated carbocycles. The molecule has 0 fully saturated rings. The number of benzene rings is 2. The van der Waals surface area contributed by atoms with Crippen molar-refractivity contribution in [2.75, 3.05) is 12.4 Å². The molecule has 0 spiro atoms. The van der Waals surface area contributed by atoms with E-state index in [4.69, 9.17) is 4.74 Å². The van der Waals surface area contributed by atoms with Crippen LogP contribution in [0, 0.1) is 0 Å². The number of aromatic nitrogens is 2. The highest BCUT2D eigenvalue weighted by Gasteiger charge is 2.05. The Kier molecular flexibility index (Phi) is 3.09. The van der Waals surface area contributed by atoms with Gasteiger partial charge in [0, 0.05) is 23.2 Å². The number of fused-ring (bicyclic) bond motifs is 1. The molecule has 0 radical (unpaired) electrons. The van der Waals surface area contributed by atoms with Gasteiger partial charge in [-0.2, -0.15) is 0 Å². The molecule has 0 amide bonds. The SMILES string of the molecule is COc1ccc2c(Nc3cccc(O)c3)ncnc2c1. The van der Waals surface area contributed by atoms with Gasteiger partial charge in [0.15, 0.2) is 0 Å². The molecule has 5 nitrogen and oxygen atoms in total. The Morgan fingerprint density at radius 3 is 2.80 bits per heavy atom. The lowest BCUT2D eigenvalue weighted by Gasteiger charge is -2.09. The van der Waals surface area contributed by atoms with Crippen molar-refractivity contribution in [3.8, 4) is 11.5 Å². The predicted octanol–water partition coefficient (Wildman–Crippen LogP) is 3.09. The number of hydrogen-bond acceptors (Lipinski definition) is 5. The monoisotopic (exact) mass is 267 g/mol. The predicted molar refractivity (Wildman–Crippen MR) is 77.5 cm³/mol. The fraction of sp³-hybridized carbons (Fsp3) is 0.0667. The van der Waals surface area contributed by atoms with Crippen molar-refractivity contribution in [2.45, 2.75) is 0 Å². The van der Waals surface area contributed by atoms with Crippen LogP contribution in [0.3, 0.4) is 0 Å². The summed E-state index contributed by atoms with van der Waals surface area (Å²) in [5, 5.41) is 13.5. The van der Waals surface area contributed by atoms with E-state index in [1.54, 1.807) is 25.3 Å². The van der Waals surface area contributed by atoms with Crippen LogP contribution in [0.1, 0.15) is 0 Å². The number of ether oxygens (including phenoxy) is 1. The minimum absolute atomic E-state index is 0.204. The van der Waals surface area contributed by atoms with E-state index in [1.807, 2.05) is 24.3 Å². The third-order valence-corrected chi connectivity index (χ3v) is 2.95. The summed E-state index contributed by atoms with van der Waals surface area (Å²) in [5.41, 5.74) is 1.56. The highest BCUT2D eigenvalue weighted by atomic mass is 16.5. The Bertz CT molecular complexity index is 759. The standard InChI is InChI=1S/C15H13N3O2/c1-20-12-5-6-13-14(8-12)16-9-17-15(13)18-10-3-2-4-11(19)7-10/h2-9,19H,1H3,(H,16,17,18). The van der Waals surface area contributed by atoms with Gasteiger partial charge >= 0.3 is 0 Å². The Hall–Kier alpha value is -2.82. The van der Waals surface area contributed by atoms with Gasteiger partial charge in [-0.15, -0.1) is 0 Å². The summed E-state index contributed by atoms with van der Waals surface area (Å²) >= 11 is 0. The average molecular weight is 267 g/mol. The molecule has 0 aliphatic carbocycles. The Morgan fingerprint density at radius 1 is 1.10 bits per heavy atom. The van der Waals surface area contributed by atoms with Gasteiger partial charge in [-0.3, -0.25) is 0 Å². The second-order valence-corrected chi connectivity index (χ2v) is 4.28. The van der Waals surface area contributed by atoms with Gasteiger partial charge in [0.25, 0.3) is 0 Å². The number of nitrogens with zero attached hydrogens (tertiary/aromatic N) is 2. The van der Waals surface area contributed by atoms with Crippen molar-refractivity contribution < 1.29 is 9.84 Å². The summed E-state index contributed by atoms with van der Waals surface area (Å²) < 4.78 is 5.18. The van der Waals surface area contributed by atoms with Gasteiger partial charge in [-0.1, -0.05) is 6.07 Å². The van der Waals surface area contributed by atoms with E-state index in [-0.39, 0.29) is 5.75 Å². The molecule has 20 heavy (non-hydrogen) atoms.